The van der Waals surface area contributed by atoms with E-state index < -0.39 is 10.0 Å². The summed E-state index contributed by atoms with van der Waals surface area (Å²) in [6.45, 7) is 6.90. The predicted octanol–water partition coefficient (Wildman–Crippen LogP) is 3.22. The van der Waals surface area contributed by atoms with Gasteiger partial charge in [0.15, 0.2) is 0 Å². The molecular weight excluding hydrogens is 418 g/mol. The van der Waals surface area contributed by atoms with E-state index in [2.05, 4.69) is 14.9 Å². The lowest BCUT2D eigenvalue weighted by molar-refractivity contribution is 0.102. The molecule has 162 valence electrons. The molecule has 1 aliphatic heterocycles. The van der Waals surface area contributed by atoms with Crippen molar-refractivity contribution < 1.29 is 13.2 Å². The van der Waals surface area contributed by atoms with Crippen molar-refractivity contribution in [3.8, 4) is 0 Å². The number of carbonyl (C=O) groups excluding carboxylic acids is 1. The summed E-state index contributed by atoms with van der Waals surface area (Å²) in [5.74, 6) is 2.16. The molecule has 0 atom stereocenters. The molecule has 1 saturated heterocycles. The van der Waals surface area contributed by atoms with Crippen LogP contribution in [0.15, 0.2) is 53.4 Å². The van der Waals surface area contributed by atoms with Gasteiger partial charge in [-0.1, -0.05) is 12.1 Å². The molecule has 3 rings (SSSR count). The topological polar surface area (TPSA) is 78.5 Å². The lowest BCUT2D eigenvalue weighted by Crippen LogP contribution is -2.34. The first-order chi connectivity index (χ1) is 14.3. The maximum Gasteiger partial charge on any atom is 0.255 e. The van der Waals surface area contributed by atoms with E-state index in [1.807, 2.05) is 36.0 Å². The summed E-state index contributed by atoms with van der Waals surface area (Å²) in [7, 11) is -3.57. The second-order valence-corrected chi connectivity index (χ2v) is 10.6. The van der Waals surface area contributed by atoms with Crippen LogP contribution in [0.2, 0.25) is 0 Å². The van der Waals surface area contributed by atoms with Gasteiger partial charge in [-0.15, -0.1) is 0 Å². The Hall–Kier alpha value is -1.87. The minimum absolute atomic E-state index is 0.143. The average molecular weight is 448 g/mol. The first-order valence-corrected chi connectivity index (χ1v) is 12.8. The van der Waals surface area contributed by atoms with Crippen LogP contribution in [-0.2, 0) is 16.4 Å². The van der Waals surface area contributed by atoms with E-state index in [0.717, 1.165) is 31.7 Å². The molecule has 0 spiro atoms. The fraction of sp³-hybridized carbons (Fsp3) is 0.409. The number of hydrogen-bond acceptors (Lipinski definition) is 5. The molecule has 1 aliphatic rings. The van der Waals surface area contributed by atoms with Crippen molar-refractivity contribution in [1.29, 1.82) is 0 Å². The van der Waals surface area contributed by atoms with E-state index in [9.17, 15) is 13.2 Å². The van der Waals surface area contributed by atoms with Gasteiger partial charge >= 0.3 is 0 Å². The Morgan fingerprint density at radius 1 is 1.03 bits per heavy atom. The van der Waals surface area contributed by atoms with Crippen molar-refractivity contribution in [2.75, 3.05) is 36.5 Å². The largest absolute Gasteiger partial charge is 0.322 e. The maximum atomic E-state index is 12.5. The fourth-order valence-corrected chi connectivity index (χ4v) is 5.46. The highest BCUT2D eigenvalue weighted by Gasteiger charge is 2.16. The van der Waals surface area contributed by atoms with Gasteiger partial charge in [-0.2, -0.15) is 11.8 Å². The highest BCUT2D eigenvalue weighted by atomic mass is 32.2. The van der Waals surface area contributed by atoms with Gasteiger partial charge in [0.2, 0.25) is 10.0 Å². The van der Waals surface area contributed by atoms with E-state index in [1.165, 1.54) is 41.3 Å². The van der Waals surface area contributed by atoms with Gasteiger partial charge in [-0.3, -0.25) is 4.79 Å². The summed E-state index contributed by atoms with van der Waals surface area (Å²) in [5.41, 5.74) is 2.38. The summed E-state index contributed by atoms with van der Waals surface area (Å²) in [4.78, 5) is 15.1. The molecule has 0 aromatic heterocycles. The van der Waals surface area contributed by atoms with E-state index >= 15 is 0 Å². The molecule has 1 fully saturated rings. The molecule has 30 heavy (non-hydrogen) atoms. The Morgan fingerprint density at radius 2 is 1.67 bits per heavy atom. The van der Waals surface area contributed by atoms with E-state index in [-0.39, 0.29) is 16.8 Å². The Labute approximate surface area is 183 Å². The predicted molar refractivity (Wildman–Crippen MR) is 124 cm³/mol. The molecule has 2 aromatic carbocycles. The summed E-state index contributed by atoms with van der Waals surface area (Å²) in [5, 5.41) is 2.86. The Balaban J connectivity index is 1.55. The standard InChI is InChI=1S/C22H29N3O3S2/c1-17(2)24-30(27,28)21-9-5-19(6-10-21)22(26)23-20-7-3-18(4-8-20)11-12-25-13-15-29-16-14-25/h3-10,17,24H,11-16H2,1-2H3,(H,23,26). The first kappa shape index (κ1) is 22.8. The van der Waals surface area contributed by atoms with Gasteiger partial charge < -0.3 is 10.2 Å². The van der Waals surface area contributed by atoms with Crippen LogP contribution in [0, 0.1) is 0 Å². The molecule has 2 aromatic rings. The monoisotopic (exact) mass is 447 g/mol. The maximum absolute atomic E-state index is 12.5. The van der Waals surface area contributed by atoms with Crippen molar-refractivity contribution in [2.45, 2.75) is 31.2 Å². The van der Waals surface area contributed by atoms with Crippen molar-refractivity contribution in [1.82, 2.24) is 9.62 Å². The number of hydrogen-bond donors (Lipinski definition) is 2. The minimum Gasteiger partial charge on any atom is -0.322 e. The second kappa shape index (κ2) is 10.4. The SMILES string of the molecule is CC(C)NS(=O)(=O)c1ccc(C(=O)Nc2ccc(CCN3CCSCC3)cc2)cc1. The van der Waals surface area contributed by atoms with Crippen LogP contribution >= 0.6 is 11.8 Å². The summed E-state index contributed by atoms with van der Waals surface area (Å²) in [6.07, 6.45) is 0.999. The molecule has 0 unspecified atom stereocenters. The quantitative estimate of drug-likeness (QED) is 0.650. The molecule has 0 aliphatic carbocycles. The fourth-order valence-electron chi connectivity index (χ4n) is 3.23. The van der Waals surface area contributed by atoms with E-state index in [0.29, 0.717) is 5.56 Å². The molecule has 1 heterocycles. The molecule has 0 bridgehead atoms. The van der Waals surface area contributed by atoms with Gasteiger partial charge in [0.05, 0.1) is 4.90 Å². The molecular formula is C22H29N3O3S2. The smallest absolute Gasteiger partial charge is 0.255 e. The van der Waals surface area contributed by atoms with Crippen molar-refractivity contribution in [3.05, 3.63) is 59.7 Å². The van der Waals surface area contributed by atoms with Gasteiger partial charge in [0.25, 0.3) is 5.91 Å². The number of sulfonamides is 1. The van der Waals surface area contributed by atoms with Crippen molar-refractivity contribution >= 4 is 33.4 Å². The van der Waals surface area contributed by atoms with Crippen molar-refractivity contribution in [3.63, 3.8) is 0 Å². The zero-order valence-corrected chi connectivity index (χ0v) is 19.1. The number of amides is 1. The van der Waals surface area contributed by atoms with Crippen molar-refractivity contribution in [2.24, 2.45) is 0 Å². The normalized spacial score (nSPS) is 15.3. The number of nitrogens with zero attached hydrogens (tertiary/aromatic N) is 1. The number of nitrogens with one attached hydrogen (secondary N) is 2. The molecule has 0 saturated carbocycles. The molecule has 2 N–H and O–H groups in total. The van der Waals surface area contributed by atoms with Crippen LogP contribution in [0.5, 0.6) is 0 Å². The van der Waals surface area contributed by atoms with Gasteiger partial charge in [-0.05, 0) is 62.2 Å². The van der Waals surface area contributed by atoms with Crippen LogP contribution in [-0.4, -0.2) is 56.4 Å². The highest BCUT2D eigenvalue weighted by Crippen LogP contribution is 2.16. The molecule has 0 radical (unpaired) electrons. The van der Waals surface area contributed by atoms with Crippen LogP contribution in [0.25, 0.3) is 0 Å². The van der Waals surface area contributed by atoms with E-state index in [1.54, 1.807) is 13.8 Å². The molecule has 1 amide bonds. The first-order valence-electron chi connectivity index (χ1n) is 10.2. The lowest BCUT2D eigenvalue weighted by atomic mass is 10.1. The number of benzene rings is 2. The number of thioether (sulfide) groups is 1. The van der Waals surface area contributed by atoms with Gasteiger partial charge in [0.1, 0.15) is 0 Å². The third-order valence-electron chi connectivity index (χ3n) is 4.85. The Morgan fingerprint density at radius 3 is 2.27 bits per heavy atom. The second-order valence-electron chi connectivity index (χ2n) is 7.66. The van der Waals surface area contributed by atoms with Crippen LogP contribution in [0.1, 0.15) is 29.8 Å². The van der Waals surface area contributed by atoms with Gasteiger partial charge in [0, 0.05) is 48.4 Å². The average Bonchev–Trinajstić information content (AvgIpc) is 2.73. The Bertz CT molecular complexity index is 937. The zero-order chi connectivity index (χ0) is 21.6. The number of carbonyl (C=O) groups is 1. The van der Waals surface area contributed by atoms with E-state index in [4.69, 9.17) is 0 Å². The third-order valence-corrected chi connectivity index (χ3v) is 7.47. The summed E-state index contributed by atoms with van der Waals surface area (Å²) >= 11 is 2.02. The zero-order valence-electron chi connectivity index (χ0n) is 17.4. The molecule has 6 nitrogen and oxygen atoms in total. The number of anilines is 1. The summed E-state index contributed by atoms with van der Waals surface area (Å²) < 4.78 is 26.9. The third kappa shape index (κ3) is 6.57. The number of rotatable bonds is 8. The van der Waals surface area contributed by atoms with Crippen LogP contribution in [0.4, 0.5) is 5.69 Å². The van der Waals surface area contributed by atoms with Gasteiger partial charge in [-0.25, -0.2) is 13.1 Å². The van der Waals surface area contributed by atoms with Crippen LogP contribution in [0.3, 0.4) is 0 Å². The summed E-state index contributed by atoms with van der Waals surface area (Å²) in [6, 6.07) is 13.6. The Kier molecular flexibility index (Phi) is 7.93. The van der Waals surface area contributed by atoms with Crippen LogP contribution < -0.4 is 10.0 Å². The lowest BCUT2D eigenvalue weighted by Gasteiger charge is -2.26. The highest BCUT2D eigenvalue weighted by molar-refractivity contribution is 7.99. The minimum atomic E-state index is -3.57. The molecule has 8 heteroatoms.